The lowest BCUT2D eigenvalue weighted by Crippen LogP contribution is -2.36. The molecule has 0 radical (unpaired) electrons. The maximum atomic E-state index is 12.8. The van der Waals surface area contributed by atoms with E-state index in [4.69, 9.17) is 11.6 Å². The molecular weight excluding hydrogens is 255 g/mol. The van der Waals surface area contributed by atoms with Crippen LogP contribution < -0.4 is 10.6 Å². The number of rotatable bonds is 4. The van der Waals surface area contributed by atoms with Gasteiger partial charge in [0, 0.05) is 6.04 Å². The lowest BCUT2D eigenvalue weighted by atomic mass is 10.2. The molecule has 0 bridgehead atoms. The van der Waals surface area contributed by atoms with Crippen molar-refractivity contribution in [1.82, 2.24) is 5.32 Å². The highest BCUT2D eigenvalue weighted by Crippen LogP contribution is 2.22. The van der Waals surface area contributed by atoms with Gasteiger partial charge in [0.2, 0.25) is 5.91 Å². The average molecular weight is 271 g/mol. The third-order valence-electron chi connectivity index (χ3n) is 3.09. The number of amides is 1. The zero-order valence-corrected chi connectivity index (χ0v) is 10.8. The largest absolute Gasteiger partial charge is 0.375 e. The number of hydrogen-bond donors (Lipinski definition) is 2. The fraction of sp³-hybridized carbons (Fsp3) is 0.462. The summed E-state index contributed by atoms with van der Waals surface area (Å²) in [7, 11) is 0. The highest BCUT2D eigenvalue weighted by molar-refractivity contribution is 6.33. The van der Waals surface area contributed by atoms with Gasteiger partial charge in [-0.2, -0.15) is 0 Å². The number of nitrogens with one attached hydrogen (secondary N) is 2. The fourth-order valence-electron chi connectivity index (χ4n) is 2.16. The molecule has 0 aromatic heterocycles. The Balaban J connectivity index is 1.81. The Morgan fingerprint density at radius 2 is 2.11 bits per heavy atom. The maximum Gasteiger partial charge on any atom is 0.239 e. The Bertz CT molecular complexity index is 433. The monoisotopic (exact) mass is 270 g/mol. The molecule has 1 amide bonds. The molecule has 0 aliphatic heterocycles. The summed E-state index contributed by atoms with van der Waals surface area (Å²) in [6.07, 6.45) is 4.48. The molecule has 1 aliphatic rings. The van der Waals surface area contributed by atoms with Gasteiger partial charge in [0.1, 0.15) is 5.82 Å². The van der Waals surface area contributed by atoms with Gasteiger partial charge >= 0.3 is 0 Å². The average Bonchev–Trinajstić information content (AvgIpc) is 2.80. The number of anilines is 1. The van der Waals surface area contributed by atoms with Crippen LogP contribution >= 0.6 is 11.6 Å². The Kier molecular flexibility index (Phi) is 4.42. The smallest absolute Gasteiger partial charge is 0.239 e. The number of carbonyl (C=O) groups is 1. The molecule has 0 unspecified atom stereocenters. The molecule has 5 heteroatoms. The van der Waals surface area contributed by atoms with Gasteiger partial charge < -0.3 is 10.6 Å². The van der Waals surface area contributed by atoms with Crippen molar-refractivity contribution in [3.63, 3.8) is 0 Å². The predicted molar refractivity (Wildman–Crippen MR) is 70.3 cm³/mol. The molecule has 0 saturated heterocycles. The van der Waals surface area contributed by atoms with E-state index in [1.165, 1.54) is 31.0 Å². The highest BCUT2D eigenvalue weighted by Gasteiger charge is 2.16. The van der Waals surface area contributed by atoms with E-state index >= 15 is 0 Å². The molecule has 2 rings (SSSR count). The van der Waals surface area contributed by atoms with Crippen LogP contribution in [0.15, 0.2) is 18.2 Å². The molecule has 2 N–H and O–H groups in total. The molecule has 0 spiro atoms. The van der Waals surface area contributed by atoms with Crippen LogP contribution in [-0.2, 0) is 4.79 Å². The van der Waals surface area contributed by atoms with Crippen LogP contribution in [0.1, 0.15) is 25.7 Å². The van der Waals surface area contributed by atoms with Crippen molar-refractivity contribution >= 4 is 23.2 Å². The summed E-state index contributed by atoms with van der Waals surface area (Å²) in [4.78, 5) is 11.7. The lowest BCUT2D eigenvalue weighted by Gasteiger charge is -2.13. The Labute approximate surface area is 111 Å². The topological polar surface area (TPSA) is 41.1 Å². The van der Waals surface area contributed by atoms with E-state index in [2.05, 4.69) is 10.6 Å². The Morgan fingerprint density at radius 1 is 1.39 bits per heavy atom. The predicted octanol–water partition coefficient (Wildman–Crippen LogP) is 2.95. The van der Waals surface area contributed by atoms with Gasteiger partial charge in [-0.1, -0.05) is 24.4 Å². The number of benzene rings is 1. The molecule has 0 atom stereocenters. The van der Waals surface area contributed by atoms with Gasteiger partial charge in [0.25, 0.3) is 0 Å². The summed E-state index contributed by atoms with van der Waals surface area (Å²) in [5.41, 5.74) is 0.569. The molecule has 1 aromatic carbocycles. The van der Waals surface area contributed by atoms with Gasteiger partial charge in [-0.05, 0) is 31.0 Å². The minimum Gasteiger partial charge on any atom is -0.375 e. The summed E-state index contributed by atoms with van der Waals surface area (Å²) in [5, 5.41) is 6.15. The molecule has 1 saturated carbocycles. The normalized spacial score (nSPS) is 15.7. The SMILES string of the molecule is O=C(CNc1ccc(F)cc1Cl)NC1CCCC1. The van der Waals surface area contributed by atoms with Crippen LogP contribution in [0, 0.1) is 5.82 Å². The molecule has 98 valence electrons. The van der Waals surface area contributed by atoms with E-state index in [1.807, 2.05) is 0 Å². The van der Waals surface area contributed by atoms with Gasteiger partial charge in [-0.3, -0.25) is 4.79 Å². The van der Waals surface area contributed by atoms with Crippen molar-refractivity contribution in [1.29, 1.82) is 0 Å². The summed E-state index contributed by atoms with van der Waals surface area (Å²) in [5.74, 6) is -0.441. The van der Waals surface area contributed by atoms with Crippen molar-refractivity contribution in [2.75, 3.05) is 11.9 Å². The van der Waals surface area contributed by atoms with E-state index in [1.54, 1.807) is 0 Å². The lowest BCUT2D eigenvalue weighted by molar-refractivity contribution is -0.120. The van der Waals surface area contributed by atoms with Crippen LogP contribution in [0.5, 0.6) is 0 Å². The molecule has 3 nitrogen and oxygen atoms in total. The molecule has 1 fully saturated rings. The third kappa shape index (κ3) is 3.60. The van der Waals surface area contributed by atoms with E-state index < -0.39 is 0 Å². The second kappa shape index (κ2) is 6.05. The van der Waals surface area contributed by atoms with Crippen LogP contribution in [0.3, 0.4) is 0 Å². The van der Waals surface area contributed by atoms with E-state index in [9.17, 15) is 9.18 Å². The fourth-order valence-corrected chi connectivity index (χ4v) is 2.39. The number of hydrogen-bond acceptors (Lipinski definition) is 2. The van der Waals surface area contributed by atoms with E-state index in [0.29, 0.717) is 11.7 Å². The van der Waals surface area contributed by atoms with Crippen molar-refractivity contribution in [3.05, 3.63) is 29.0 Å². The first-order valence-corrected chi connectivity index (χ1v) is 6.51. The second-order valence-electron chi connectivity index (χ2n) is 4.53. The molecule has 1 aromatic rings. The summed E-state index contributed by atoms with van der Waals surface area (Å²) in [6.45, 7) is 0.155. The van der Waals surface area contributed by atoms with Gasteiger partial charge in [-0.25, -0.2) is 4.39 Å². The summed E-state index contributed by atoms with van der Waals surface area (Å²) in [6, 6.07) is 4.37. The Morgan fingerprint density at radius 3 is 2.78 bits per heavy atom. The van der Waals surface area contributed by atoms with Gasteiger partial charge in [0.05, 0.1) is 17.3 Å². The van der Waals surface area contributed by atoms with Crippen LogP contribution in [0.25, 0.3) is 0 Å². The standard InChI is InChI=1S/C13H16ClFN2O/c14-11-7-9(15)5-6-12(11)16-8-13(18)17-10-3-1-2-4-10/h5-7,10,16H,1-4,8H2,(H,17,18). The third-order valence-corrected chi connectivity index (χ3v) is 3.40. The minimum absolute atomic E-state index is 0.0534. The van der Waals surface area contributed by atoms with Gasteiger partial charge in [0.15, 0.2) is 0 Å². The zero-order chi connectivity index (χ0) is 13.0. The molecule has 0 heterocycles. The summed E-state index contributed by atoms with van der Waals surface area (Å²) >= 11 is 5.85. The number of carbonyl (C=O) groups excluding carboxylic acids is 1. The van der Waals surface area contributed by atoms with E-state index in [-0.39, 0.29) is 23.3 Å². The van der Waals surface area contributed by atoms with Crippen molar-refractivity contribution in [3.8, 4) is 0 Å². The number of halogens is 2. The van der Waals surface area contributed by atoms with Crippen LogP contribution in [0.2, 0.25) is 5.02 Å². The van der Waals surface area contributed by atoms with Crippen molar-refractivity contribution in [2.45, 2.75) is 31.7 Å². The molecule has 1 aliphatic carbocycles. The van der Waals surface area contributed by atoms with E-state index in [0.717, 1.165) is 12.8 Å². The molecular formula is C13H16ClFN2O. The first-order chi connectivity index (χ1) is 8.65. The molecule has 18 heavy (non-hydrogen) atoms. The second-order valence-corrected chi connectivity index (χ2v) is 4.93. The summed E-state index contributed by atoms with van der Waals surface area (Å²) < 4.78 is 12.8. The zero-order valence-electron chi connectivity index (χ0n) is 10.0. The van der Waals surface area contributed by atoms with Crippen molar-refractivity contribution in [2.24, 2.45) is 0 Å². The van der Waals surface area contributed by atoms with Crippen LogP contribution in [0.4, 0.5) is 10.1 Å². The minimum atomic E-state index is -0.388. The van der Waals surface area contributed by atoms with Crippen LogP contribution in [-0.4, -0.2) is 18.5 Å². The van der Waals surface area contributed by atoms with Gasteiger partial charge in [-0.15, -0.1) is 0 Å². The Hall–Kier alpha value is -1.29. The first-order valence-electron chi connectivity index (χ1n) is 6.13. The first kappa shape index (κ1) is 13.1. The maximum absolute atomic E-state index is 12.8. The highest BCUT2D eigenvalue weighted by atomic mass is 35.5. The quantitative estimate of drug-likeness (QED) is 0.883. The van der Waals surface area contributed by atoms with Crippen molar-refractivity contribution < 1.29 is 9.18 Å².